The van der Waals surface area contributed by atoms with Crippen molar-refractivity contribution in [2.75, 3.05) is 58.1 Å². The van der Waals surface area contributed by atoms with Gasteiger partial charge < -0.3 is 24.0 Å². The molecule has 0 saturated carbocycles. The molecule has 0 atom stereocenters. The summed E-state index contributed by atoms with van der Waals surface area (Å²) in [7, 11) is 1.61. The Morgan fingerprint density at radius 1 is 1.16 bits per heavy atom. The van der Waals surface area contributed by atoms with Gasteiger partial charge in [0.05, 0.1) is 38.6 Å². The highest BCUT2D eigenvalue weighted by Crippen LogP contribution is 2.47. The van der Waals surface area contributed by atoms with Crippen LogP contribution in [-0.2, 0) is 27.4 Å². The van der Waals surface area contributed by atoms with Crippen LogP contribution in [0.25, 0.3) is 32.6 Å². The molecule has 2 fully saturated rings. The van der Waals surface area contributed by atoms with Gasteiger partial charge >= 0.3 is 0 Å². The van der Waals surface area contributed by atoms with Crippen LogP contribution in [0, 0.1) is 11.2 Å². The average molecular weight is 604 g/mol. The number of thiophene rings is 1. The lowest BCUT2D eigenvalue weighted by atomic mass is 9.77. The van der Waals surface area contributed by atoms with E-state index in [0.717, 1.165) is 71.9 Å². The van der Waals surface area contributed by atoms with Gasteiger partial charge in [0.25, 0.3) is 0 Å². The third kappa shape index (κ3) is 5.09. The minimum atomic E-state index is -0.378. The second kappa shape index (κ2) is 11.4. The van der Waals surface area contributed by atoms with Gasteiger partial charge in [0.1, 0.15) is 35.4 Å². The third-order valence-corrected chi connectivity index (χ3v) is 9.74. The van der Waals surface area contributed by atoms with E-state index in [9.17, 15) is 9.18 Å². The number of carbonyl (C=O) groups is 1. The van der Waals surface area contributed by atoms with Crippen LogP contribution < -0.4 is 9.64 Å². The van der Waals surface area contributed by atoms with Gasteiger partial charge in [-0.25, -0.2) is 9.37 Å². The van der Waals surface area contributed by atoms with Gasteiger partial charge in [0.15, 0.2) is 0 Å². The standard InChI is InChI=1S/C32H34FN5O4S/c1-3-27(39)37-11-12-38-22(18-37)17-25(35-38)29-28(23-5-4-21(33)16-26(23)42-14-13-40-2)30-24(6-15-43-30)31(34-29)36-9-7-32(8-10-36)19-41-20-32/h3-6,15-17H,1,7-14,18-20H2,2H3. The van der Waals surface area contributed by atoms with E-state index in [1.165, 1.54) is 18.2 Å². The normalized spacial score (nSPS) is 17.6. The molecule has 1 amide bonds. The van der Waals surface area contributed by atoms with Crippen molar-refractivity contribution >= 4 is 33.1 Å². The average Bonchev–Trinajstić information content (AvgIpc) is 3.67. The maximum atomic E-state index is 14.5. The van der Waals surface area contributed by atoms with E-state index in [1.54, 1.807) is 29.4 Å². The minimum absolute atomic E-state index is 0.0981. The Morgan fingerprint density at radius 2 is 2.00 bits per heavy atom. The molecular weight excluding hydrogens is 569 g/mol. The van der Waals surface area contributed by atoms with E-state index in [0.29, 0.717) is 48.8 Å². The van der Waals surface area contributed by atoms with Crippen molar-refractivity contribution in [3.63, 3.8) is 0 Å². The number of hydrogen-bond donors (Lipinski definition) is 0. The number of halogens is 1. The van der Waals surface area contributed by atoms with E-state index < -0.39 is 0 Å². The zero-order chi connectivity index (χ0) is 29.6. The van der Waals surface area contributed by atoms with Gasteiger partial charge in [-0.05, 0) is 48.6 Å². The van der Waals surface area contributed by atoms with E-state index in [1.807, 2.05) is 10.7 Å². The van der Waals surface area contributed by atoms with Crippen molar-refractivity contribution in [1.29, 1.82) is 0 Å². The van der Waals surface area contributed by atoms with Crippen molar-refractivity contribution in [2.24, 2.45) is 5.41 Å². The van der Waals surface area contributed by atoms with Gasteiger partial charge in [0.2, 0.25) is 5.91 Å². The van der Waals surface area contributed by atoms with Crippen molar-refractivity contribution in [3.8, 4) is 28.3 Å². The van der Waals surface area contributed by atoms with E-state index in [-0.39, 0.29) is 18.3 Å². The smallest absolute Gasteiger partial charge is 0.246 e. The van der Waals surface area contributed by atoms with Gasteiger partial charge in [0, 0.05) is 59.4 Å². The summed E-state index contributed by atoms with van der Waals surface area (Å²) in [5.74, 6) is 0.887. The molecule has 0 bridgehead atoms. The van der Waals surface area contributed by atoms with Crippen molar-refractivity contribution in [1.82, 2.24) is 19.7 Å². The first kappa shape index (κ1) is 28.0. The lowest BCUT2D eigenvalue weighted by Crippen LogP contribution is -2.51. The molecule has 3 aliphatic rings. The summed E-state index contributed by atoms with van der Waals surface area (Å²) in [6.45, 7) is 9.38. The quantitative estimate of drug-likeness (QED) is 0.204. The Bertz CT molecular complexity index is 1690. The van der Waals surface area contributed by atoms with Gasteiger partial charge in [-0.3, -0.25) is 9.48 Å². The van der Waals surface area contributed by atoms with Crippen LogP contribution in [-0.4, -0.2) is 78.7 Å². The molecule has 2 saturated heterocycles. The maximum absolute atomic E-state index is 14.5. The number of aromatic nitrogens is 3. The van der Waals surface area contributed by atoms with E-state index in [4.69, 9.17) is 24.3 Å². The predicted octanol–water partition coefficient (Wildman–Crippen LogP) is 5.14. The first-order valence-corrected chi connectivity index (χ1v) is 15.5. The summed E-state index contributed by atoms with van der Waals surface area (Å²) >= 11 is 1.64. The number of benzene rings is 1. The summed E-state index contributed by atoms with van der Waals surface area (Å²) in [5, 5.41) is 8.14. The molecule has 0 N–H and O–H groups in total. The molecule has 4 aromatic rings. The van der Waals surface area contributed by atoms with Crippen LogP contribution in [0.4, 0.5) is 10.2 Å². The van der Waals surface area contributed by atoms with Gasteiger partial charge in [-0.15, -0.1) is 11.3 Å². The molecule has 0 aliphatic carbocycles. The molecule has 7 rings (SSSR count). The Labute approximate surface area is 253 Å². The fraction of sp³-hybridized carbons (Fsp3) is 0.406. The largest absolute Gasteiger partial charge is 0.490 e. The number of amides is 1. The number of hydrogen-bond acceptors (Lipinski definition) is 8. The highest BCUT2D eigenvalue weighted by molar-refractivity contribution is 7.18. The summed E-state index contributed by atoms with van der Waals surface area (Å²) in [6.07, 6.45) is 3.49. The van der Waals surface area contributed by atoms with Crippen LogP contribution in [0.2, 0.25) is 0 Å². The number of ether oxygens (including phenoxy) is 3. The highest BCUT2D eigenvalue weighted by atomic mass is 32.1. The second-order valence-corrected chi connectivity index (χ2v) is 12.4. The molecular formula is C32H34FN5O4S. The lowest BCUT2D eigenvalue weighted by molar-refractivity contribution is -0.127. The molecule has 0 radical (unpaired) electrons. The number of fused-ring (bicyclic) bond motifs is 2. The first-order chi connectivity index (χ1) is 21.0. The number of anilines is 1. The zero-order valence-corrected chi connectivity index (χ0v) is 25.0. The number of carbonyl (C=O) groups excluding carboxylic acids is 1. The predicted molar refractivity (Wildman–Crippen MR) is 164 cm³/mol. The molecule has 3 aromatic heterocycles. The summed E-state index contributed by atoms with van der Waals surface area (Å²) < 4.78 is 34.4. The topological polar surface area (TPSA) is 82.0 Å². The number of methoxy groups -OCH3 is 1. The number of pyridine rings is 1. The van der Waals surface area contributed by atoms with Crippen molar-refractivity contribution < 1.29 is 23.4 Å². The van der Waals surface area contributed by atoms with Gasteiger partial charge in [-0.1, -0.05) is 6.58 Å². The molecule has 6 heterocycles. The summed E-state index contributed by atoms with van der Waals surface area (Å²) in [5.41, 5.74) is 4.26. The summed E-state index contributed by atoms with van der Waals surface area (Å²) in [4.78, 5) is 21.9. The minimum Gasteiger partial charge on any atom is -0.490 e. The molecule has 3 aliphatic heterocycles. The Hall–Kier alpha value is -3.80. The van der Waals surface area contributed by atoms with Crippen LogP contribution in [0.1, 0.15) is 18.5 Å². The Balaban J connectivity index is 1.38. The number of nitrogens with zero attached hydrogens (tertiary/aromatic N) is 5. The molecule has 1 spiro atoms. The van der Waals surface area contributed by atoms with E-state index in [2.05, 4.69) is 22.9 Å². The molecule has 43 heavy (non-hydrogen) atoms. The molecule has 9 nitrogen and oxygen atoms in total. The fourth-order valence-corrected chi connectivity index (χ4v) is 7.26. The van der Waals surface area contributed by atoms with Crippen LogP contribution >= 0.6 is 11.3 Å². The van der Waals surface area contributed by atoms with Crippen molar-refractivity contribution in [2.45, 2.75) is 25.9 Å². The molecule has 0 unspecified atom stereocenters. The first-order valence-electron chi connectivity index (χ1n) is 14.6. The maximum Gasteiger partial charge on any atom is 0.246 e. The highest BCUT2D eigenvalue weighted by Gasteiger charge is 2.42. The molecule has 11 heteroatoms. The third-order valence-electron chi connectivity index (χ3n) is 8.81. The fourth-order valence-electron chi connectivity index (χ4n) is 6.31. The Morgan fingerprint density at radius 3 is 2.74 bits per heavy atom. The number of rotatable bonds is 8. The second-order valence-electron chi connectivity index (χ2n) is 11.5. The SMILES string of the molecule is C=CC(=O)N1CCn2nc(-c3nc(N4CCC5(CC4)COC5)c4ccsc4c3-c3ccc(F)cc3OCCOC)cc2C1. The zero-order valence-electron chi connectivity index (χ0n) is 24.2. The molecule has 1 aromatic carbocycles. The summed E-state index contributed by atoms with van der Waals surface area (Å²) in [6, 6.07) is 8.78. The van der Waals surface area contributed by atoms with Crippen LogP contribution in [0.3, 0.4) is 0 Å². The van der Waals surface area contributed by atoms with Crippen LogP contribution in [0.15, 0.2) is 48.4 Å². The van der Waals surface area contributed by atoms with Gasteiger partial charge in [-0.2, -0.15) is 5.10 Å². The van der Waals surface area contributed by atoms with E-state index >= 15 is 0 Å². The number of piperidine rings is 1. The lowest BCUT2D eigenvalue weighted by Gasteiger charge is -2.47. The molecule has 224 valence electrons. The van der Waals surface area contributed by atoms with Crippen molar-refractivity contribution in [3.05, 3.63) is 59.9 Å². The Kier molecular flexibility index (Phi) is 7.40. The van der Waals surface area contributed by atoms with Crippen LogP contribution in [0.5, 0.6) is 5.75 Å². The monoisotopic (exact) mass is 603 g/mol.